The first kappa shape index (κ1) is 16.0. The van der Waals surface area contributed by atoms with Crippen molar-refractivity contribution in [2.45, 2.75) is 5.92 Å². The van der Waals surface area contributed by atoms with Crippen LogP contribution in [-0.2, 0) is 0 Å². The number of nitrogens with zero attached hydrogens (tertiary/aromatic N) is 1. The molecule has 0 saturated heterocycles. The third kappa shape index (κ3) is 3.72. The Morgan fingerprint density at radius 3 is 1.62 bits per heavy atom. The Morgan fingerprint density at radius 1 is 0.750 bits per heavy atom. The Kier molecular flexibility index (Phi) is 5.07. The molecule has 0 atom stereocenters. The summed E-state index contributed by atoms with van der Waals surface area (Å²) in [4.78, 5) is 14.5. The Bertz CT molecular complexity index is 729. The SMILES string of the molecule is CN(CC(c1ccccc1)c1ccccc1)C(=O)c1ccccc1. The second-order valence-corrected chi connectivity index (χ2v) is 5.93. The van der Waals surface area contributed by atoms with E-state index in [4.69, 9.17) is 0 Å². The van der Waals surface area contributed by atoms with Crippen LogP contribution in [0.4, 0.5) is 0 Å². The summed E-state index contributed by atoms with van der Waals surface area (Å²) in [6.45, 7) is 0.641. The van der Waals surface area contributed by atoms with Crippen LogP contribution in [0.3, 0.4) is 0 Å². The van der Waals surface area contributed by atoms with Crippen molar-refractivity contribution in [2.75, 3.05) is 13.6 Å². The van der Waals surface area contributed by atoms with Crippen LogP contribution in [0.5, 0.6) is 0 Å². The zero-order valence-corrected chi connectivity index (χ0v) is 13.8. The van der Waals surface area contributed by atoms with Crippen LogP contribution in [0.15, 0.2) is 91.0 Å². The van der Waals surface area contributed by atoms with Gasteiger partial charge in [0.1, 0.15) is 0 Å². The van der Waals surface area contributed by atoms with E-state index >= 15 is 0 Å². The highest BCUT2D eigenvalue weighted by Crippen LogP contribution is 2.25. The molecule has 0 N–H and O–H groups in total. The van der Waals surface area contributed by atoms with Gasteiger partial charge in [0.15, 0.2) is 0 Å². The highest BCUT2D eigenvalue weighted by Gasteiger charge is 2.19. The minimum atomic E-state index is 0.0486. The zero-order chi connectivity index (χ0) is 16.8. The van der Waals surface area contributed by atoms with Gasteiger partial charge in [-0.25, -0.2) is 0 Å². The summed E-state index contributed by atoms with van der Waals surface area (Å²) in [6.07, 6.45) is 0. The van der Waals surface area contributed by atoms with Crippen LogP contribution in [0.2, 0.25) is 0 Å². The van der Waals surface area contributed by atoms with Gasteiger partial charge < -0.3 is 4.90 Å². The number of carbonyl (C=O) groups excluding carboxylic acids is 1. The largest absolute Gasteiger partial charge is 0.341 e. The van der Waals surface area contributed by atoms with Gasteiger partial charge in [-0.1, -0.05) is 78.9 Å². The van der Waals surface area contributed by atoms with Crippen LogP contribution in [0.25, 0.3) is 0 Å². The van der Waals surface area contributed by atoms with E-state index in [1.54, 1.807) is 4.90 Å². The molecular weight excluding hydrogens is 294 g/mol. The molecule has 3 rings (SSSR count). The first-order valence-corrected chi connectivity index (χ1v) is 8.16. The number of likely N-dealkylation sites (N-methyl/N-ethyl adjacent to an activating group) is 1. The molecule has 24 heavy (non-hydrogen) atoms. The summed E-state index contributed by atoms with van der Waals surface area (Å²) in [5.74, 6) is 0.206. The second kappa shape index (κ2) is 7.60. The standard InChI is InChI=1S/C22H21NO/c1-23(22(24)20-15-9-4-10-16-20)17-21(18-11-5-2-6-12-18)19-13-7-3-8-14-19/h2-16,21H,17H2,1H3. The lowest BCUT2D eigenvalue weighted by Gasteiger charge is -2.25. The zero-order valence-electron chi connectivity index (χ0n) is 13.8. The van der Waals surface area contributed by atoms with Gasteiger partial charge in [-0.3, -0.25) is 4.79 Å². The fourth-order valence-electron chi connectivity index (χ4n) is 2.93. The molecule has 3 aromatic rings. The predicted octanol–water partition coefficient (Wildman–Crippen LogP) is 4.59. The van der Waals surface area contributed by atoms with E-state index in [0.29, 0.717) is 6.54 Å². The van der Waals surface area contributed by atoms with Gasteiger partial charge in [0.2, 0.25) is 0 Å². The molecule has 0 fully saturated rings. The molecule has 0 aliphatic heterocycles. The van der Waals surface area contributed by atoms with E-state index in [-0.39, 0.29) is 11.8 Å². The van der Waals surface area contributed by atoms with Crippen molar-refractivity contribution in [3.05, 3.63) is 108 Å². The second-order valence-electron chi connectivity index (χ2n) is 5.93. The number of benzene rings is 3. The van der Waals surface area contributed by atoms with E-state index in [0.717, 1.165) is 5.56 Å². The first-order chi connectivity index (χ1) is 11.8. The lowest BCUT2D eigenvalue weighted by atomic mass is 9.91. The van der Waals surface area contributed by atoms with Crippen LogP contribution < -0.4 is 0 Å². The fourth-order valence-corrected chi connectivity index (χ4v) is 2.93. The fraction of sp³-hybridized carbons (Fsp3) is 0.136. The molecule has 1 amide bonds. The maximum atomic E-state index is 12.7. The number of carbonyl (C=O) groups is 1. The van der Waals surface area contributed by atoms with Crippen LogP contribution in [0, 0.1) is 0 Å². The van der Waals surface area contributed by atoms with Crippen LogP contribution in [0.1, 0.15) is 27.4 Å². The average Bonchev–Trinajstić information content (AvgIpc) is 2.67. The van der Waals surface area contributed by atoms with Crippen molar-refractivity contribution < 1.29 is 4.79 Å². The van der Waals surface area contributed by atoms with E-state index in [1.807, 2.05) is 73.8 Å². The van der Waals surface area contributed by atoms with Crippen molar-refractivity contribution in [1.82, 2.24) is 4.90 Å². The minimum absolute atomic E-state index is 0.0486. The van der Waals surface area contributed by atoms with Crippen molar-refractivity contribution in [3.63, 3.8) is 0 Å². The molecular formula is C22H21NO. The maximum absolute atomic E-state index is 12.7. The minimum Gasteiger partial charge on any atom is -0.341 e. The maximum Gasteiger partial charge on any atom is 0.253 e. The third-order valence-electron chi connectivity index (χ3n) is 4.23. The van der Waals surface area contributed by atoms with Gasteiger partial charge in [-0.15, -0.1) is 0 Å². The predicted molar refractivity (Wildman–Crippen MR) is 98.1 cm³/mol. The van der Waals surface area contributed by atoms with E-state index < -0.39 is 0 Å². The highest BCUT2D eigenvalue weighted by atomic mass is 16.2. The van der Waals surface area contributed by atoms with Crippen molar-refractivity contribution in [2.24, 2.45) is 0 Å². The number of hydrogen-bond donors (Lipinski definition) is 0. The molecule has 0 spiro atoms. The molecule has 0 unspecified atom stereocenters. The number of rotatable bonds is 5. The van der Waals surface area contributed by atoms with Gasteiger partial charge >= 0.3 is 0 Å². The van der Waals surface area contributed by atoms with E-state index in [9.17, 15) is 4.79 Å². The Morgan fingerprint density at radius 2 is 1.17 bits per heavy atom. The molecule has 0 bridgehead atoms. The molecule has 2 nitrogen and oxygen atoms in total. The summed E-state index contributed by atoms with van der Waals surface area (Å²) in [6, 6.07) is 30.1. The summed E-state index contributed by atoms with van der Waals surface area (Å²) < 4.78 is 0. The molecule has 0 aliphatic carbocycles. The van der Waals surface area contributed by atoms with Crippen molar-refractivity contribution in [3.8, 4) is 0 Å². The Labute approximate surface area is 143 Å². The molecule has 0 heterocycles. The van der Waals surface area contributed by atoms with Gasteiger partial charge in [-0.05, 0) is 23.3 Å². The molecule has 120 valence electrons. The Hall–Kier alpha value is -2.87. The summed E-state index contributed by atoms with van der Waals surface area (Å²) in [5.41, 5.74) is 3.16. The van der Waals surface area contributed by atoms with Crippen molar-refractivity contribution >= 4 is 5.91 Å². The van der Waals surface area contributed by atoms with Gasteiger partial charge in [0.25, 0.3) is 5.91 Å². The van der Waals surface area contributed by atoms with Crippen LogP contribution in [-0.4, -0.2) is 24.4 Å². The quantitative estimate of drug-likeness (QED) is 0.674. The number of hydrogen-bond acceptors (Lipinski definition) is 1. The summed E-state index contributed by atoms with van der Waals surface area (Å²) >= 11 is 0. The average molecular weight is 315 g/mol. The molecule has 3 aromatic carbocycles. The molecule has 0 aliphatic rings. The first-order valence-electron chi connectivity index (χ1n) is 8.16. The molecule has 0 saturated carbocycles. The van der Waals surface area contributed by atoms with Crippen molar-refractivity contribution in [1.29, 1.82) is 0 Å². The molecule has 2 heteroatoms. The lowest BCUT2D eigenvalue weighted by Crippen LogP contribution is -2.31. The summed E-state index contributed by atoms with van der Waals surface area (Å²) in [7, 11) is 1.87. The molecule has 0 aromatic heterocycles. The van der Waals surface area contributed by atoms with Gasteiger partial charge in [0.05, 0.1) is 0 Å². The van der Waals surface area contributed by atoms with E-state index in [2.05, 4.69) is 24.3 Å². The topological polar surface area (TPSA) is 20.3 Å². The lowest BCUT2D eigenvalue weighted by molar-refractivity contribution is 0.0791. The smallest absolute Gasteiger partial charge is 0.253 e. The molecule has 0 radical (unpaired) electrons. The number of amides is 1. The summed E-state index contributed by atoms with van der Waals surface area (Å²) in [5, 5.41) is 0. The Balaban J connectivity index is 1.86. The van der Waals surface area contributed by atoms with E-state index in [1.165, 1.54) is 11.1 Å². The third-order valence-corrected chi connectivity index (χ3v) is 4.23. The highest BCUT2D eigenvalue weighted by molar-refractivity contribution is 5.94. The van der Waals surface area contributed by atoms with Gasteiger partial charge in [-0.2, -0.15) is 0 Å². The monoisotopic (exact) mass is 315 g/mol. The normalized spacial score (nSPS) is 10.6. The van der Waals surface area contributed by atoms with Gasteiger partial charge in [0, 0.05) is 25.1 Å². The van der Waals surface area contributed by atoms with Crippen LogP contribution >= 0.6 is 0 Å².